The minimum atomic E-state index is -1.17. The van der Waals surface area contributed by atoms with Crippen molar-refractivity contribution in [3.05, 3.63) is 41.0 Å². The summed E-state index contributed by atoms with van der Waals surface area (Å²) in [5.41, 5.74) is 3.09. The lowest BCUT2D eigenvalue weighted by Gasteiger charge is -2.01. The number of rotatable bonds is 2. The zero-order chi connectivity index (χ0) is 9.84. The van der Waals surface area contributed by atoms with Crippen molar-refractivity contribution in [3.8, 4) is 0 Å². The summed E-state index contributed by atoms with van der Waals surface area (Å²) >= 11 is 0. The number of carbonyl (C=O) groups excluding carboxylic acids is 1. The first-order valence-corrected chi connectivity index (χ1v) is 4.06. The second kappa shape index (κ2) is 3.90. The average molecular weight is 175 g/mol. The van der Waals surface area contributed by atoms with E-state index in [1.54, 1.807) is 6.08 Å². The molecule has 0 aliphatic rings. The Hall–Kier alpha value is -1.57. The van der Waals surface area contributed by atoms with Crippen LogP contribution in [0.2, 0.25) is 0 Å². The Morgan fingerprint density at radius 3 is 2.69 bits per heavy atom. The molecule has 0 saturated heterocycles. The maximum Gasteiger partial charge on any atom is 0.0643 e. The maximum absolute atomic E-state index is 10.2. The molecule has 0 bridgehead atoms. The van der Waals surface area contributed by atoms with Gasteiger partial charge in [-0.2, -0.15) is 0 Å². The first-order valence-electron chi connectivity index (χ1n) is 4.06. The summed E-state index contributed by atoms with van der Waals surface area (Å²) in [4.78, 5) is 10.2. The van der Waals surface area contributed by atoms with Gasteiger partial charge in [0.2, 0.25) is 0 Å². The van der Waals surface area contributed by atoms with Crippen molar-refractivity contribution in [1.29, 1.82) is 0 Å². The molecule has 0 saturated carbocycles. The largest absolute Gasteiger partial charge is 0.545 e. The van der Waals surface area contributed by atoms with Crippen LogP contribution in [0, 0.1) is 13.8 Å². The molecule has 0 heterocycles. The molecule has 0 atom stereocenters. The van der Waals surface area contributed by atoms with Gasteiger partial charge in [-0.05, 0) is 31.1 Å². The molecule has 2 heteroatoms. The van der Waals surface area contributed by atoms with Crippen LogP contribution in [0.15, 0.2) is 24.3 Å². The van der Waals surface area contributed by atoms with Gasteiger partial charge >= 0.3 is 0 Å². The first-order chi connectivity index (χ1) is 6.09. The molecule has 0 aromatic heterocycles. The summed E-state index contributed by atoms with van der Waals surface area (Å²) in [7, 11) is 0. The molecular formula is C11H11O2-. The van der Waals surface area contributed by atoms with E-state index in [4.69, 9.17) is 0 Å². The highest BCUT2D eigenvalue weighted by Gasteiger charge is 1.93. The van der Waals surface area contributed by atoms with Gasteiger partial charge in [-0.25, -0.2) is 0 Å². The van der Waals surface area contributed by atoms with Crippen LogP contribution in [0.1, 0.15) is 16.7 Å². The fraction of sp³-hybridized carbons (Fsp3) is 0.182. The van der Waals surface area contributed by atoms with Crippen LogP contribution in [-0.4, -0.2) is 5.97 Å². The Balaban J connectivity index is 3.00. The fourth-order valence-corrected chi connectivity index (χ4v) is 1.10. The van der Waals surface area contributed by atoms with Crippen molar-refractivity contribution >= 4 is 12.0 Å². The van der Waals surface area contributed by atoms with Crippen LogP contribution in [0.5, 0.6) is 0 Å². The minimum absolute atomic E-state index is 0.921. The zero-order valence-corrected chi connectivity index (χ0v) is 7.70. The molecule has 0 fully saturated rings. The van der Waals surface area contributed by atoms with Gasteiger partial charge in [-0.15, -0.1) is 0 Å². The van der Waals surface area contributed by atoms with E-state index >= 15 is 0 Å². The predicted molar refractivity (Wildman–Crippen MR) is 50.0 cm³/mol. The van der Waals surface area contributed by atoms with Crippen molar-refractivity contribution in [1.82, 2.24) is 0 Å². The van der Waals surface area contributed by atoms with E-state index in [2.05, 4.69) is 0 Å². The Morgan fingerprint density at radius 2 is 2.08 bits per heavy atom. The van der Waals surface area contributed by atoms with Crippen molar-refractivity contribution in [2.45, 2.75) is 13.8 Å². The predicted octanol–water partition coefficient (Wildman–Crippen LogP) is 1.07. The summed E-state index contributed by atoms with van der Waals surface area (Å²) in [5.74, 6) is -1.17. The molecule has 1 rings (SSSR count). The van der Waals surface area contributed by atoms with Crippen molar-refractivity contribution in [2.24, 2.45) is 0 Å². The second-order valence-corrected chi connectivity index (χ2v) is 3.01. The van der Waals surface area contributed by atoms with Crippen LogP contribution in [0.4, 0.5) is 0 Å². The van der Waals surface area contributed by atoms with E-state index in [-0.39, 0.29) is 0 Å². The van der Waals surface area contributed by atoms with Gasteiger partial charge in [0.15, 0.2) is 0 Å². The van der Waals surface area contributed by atoms with Gasteiger partial charge < -0.3 is 9.90 Å². The second-order valence-electron chi connectivity index (χ2n) is 3.01. The lowest BCUT2D eigenvalue weighted by Crippen LogP contribution is -2.18. The van der Waals surface area contributed by atoms with Crippen LogP contribution in [-0.2, 0) is 4.79 Å². The third kappa shape index (κ3) is 2.75. The van der Waals surface area contributed by atoms with E-state index in [0.717, 1.165) is 22.8 Å². The smallest absolute Gasteiger partial charge is 0.0643 e. The molecule has 68 valence electrons. The molecule has 1 aromatic carbocycles. The lowest BCUT2D eigenvalue weighted by molar-refractivity contribution is -0.297. The van der Waals surface area contributed by atoms with Crippen LogP contribution >= 0.6 is 0 Å². The topological polar surface area (TPSA) is 40.1 Å². The number of aliphatic carboxylic acids is 1. The number of hydrogen-bond acceptors (Lipinski definition) is 2. The summed E-state index contributed by atoms with van der Waals surface area (Å²) in [6.45, 7) is 3.91. The average Bonchev–Trinajstić information content (AvgIpc) is 2.06. The molecule has 0 radical (unpaired) electrons. The van der Waals surface area contributed by atoms with Gasteiger partial charge in [0.25, 0.3) is 0 Å². The maximum atomic E-state index is 10.2. The number of benzene rings is 1. The van der Waals surface area contributed by atoms with E-state index in [1.807, 2.05) is 32.0 Å². The number of aryl methyl sites for hydroxylation is 2. The minimum Gasteiger partial charge on any atom is -0.545 e. The summed E-state index contributed by atoms with van der Waals surface area (Å²) in [6, 6.07) is 5.89. The fourth-order valence-electron chi connectivity index (χ4n) is 1.10. The molecule has 13 heavy (non-hydrogen) atoms. The summed E-state index contributed by atoms with van der Waals surface area (Å²) in [5, 5.41) is 10.2. The molecule has 0 aliphatic carbocycles. The third-order valence-corrected chi connectivity index (χ3v) is 1.83. The number of carboxylic acids is 1. The standard InChI is InChI=1S/C11H12O2/c1-8-3-4-9(2)10(7-8)5-6-11(12)13/h3-7H,1-2H3,(H,12,13)/p-1/b6-5+. The molecular weight excluding hydrogens is 164 g/mol. The highest BCUT2D eigenvalue weighted by molar-refractivity contribution is 5.83. The molecule has 0 aliphatic heterocycles. The van der Waals surface area contributed by atoms with E-state index in [0.29, 0.717) is 0 Å². The van der Waals surface area contributed by atoms with Gasteiger partial charge in [-0.1, -0.05) is 29.8 Å². The summed E-state index contributed by atoms with van der Waals surface area (Å²) < 4.78 is 0. The molecule has 2 nitrogen and oxygen atoms in total. The molecule has 0 unspecified atom stereocenters. The Labute approximate surface area is 77.5 Å². The molecule has 1 aromatic rings. The van der Waals surface area contributed by atoms with Gasteiger partial charge in [0.05, 0.1) is 5.97 Å². The lowest BCUT2D eigenvalue weighted by atomic mass is 10.1. The van der Waals surface area contributed by atoms with E-state index < -0.39 is 5.97 Å². The van der Waals surface area contributed by atoms with Gasteiger partial charge in [-0.3, -0.25) is 0 Å². The molecule has 0 amide bonds. The summed E-state index contributed by atoms with van der Waals surface area (Å²) in [6.07, 6.45) is 2.60. The highest BCUT2D eigenvalue weighted by atomic mass is 16.4. The monoisotopic (exact) mass is 175 g/mol. The Kier molecular flexibility index (Phi) is 2.85. The van der Waals surface area contributed by atoms with Gasteiger partial charge in [0, 0.05) is 0 Å². The van der Waals surface area contributed by atoms with Crippen LogP contribution < -0.4 is 5.11 Å². The number of hydrogen-bond donors (Lipinski definition) is 0. The number of carbonyl (C=O) groups is 1. The zero-order valence-electron chi connectivity index (χ0n) is 7.70. The SMILES string of the molecule is Cc1ccc(C)c(/C=C/C(=O)[O-])c1. The van der Waals surface area contributed by atoms with Crippen LogP contribution in [0.25, 0.3) is 6.08 Å². The van der Waals surface area contributed by atoms with Crippen molar-refractivity contribution in [3.63, 3.8) is 0 Å². The van der Waals surface area contributed by atoms with Crippen molar-refractivity contribution < 1.29 is 9.90 Å². The number of carboxylic acid groups (broad SMARTS) is 1. The highest BCUT2D eigenvalue weighted by Crippen LogP contribution is 2.11. The quantitative estimate of drug-likeness (QED) is 0.631. The van der Waals surface area contributed by atoms with Crippen molar-refractivity contribution in [2.75, 3.05) is 0 Å². The first kappa shape index (κ1) is 9.52. The Bertz CT molecular complexity index is 351. The van der Waals surface area contributed by atoms with E-state index in [1.165, 1.54) is 0 Å². The van der Waals surface area contributed by atoms with Gasteiger partial charge in [0.1, 0.15) is 0 Å². The molecule has 0 spiro atoms. The third-order valence-electron chi connectivity index (χ3n) is 1.83. The van der Waals surface area contributed by atoms with Crippen LogP contribution in [0.3, 0.4) is 0 Å². The normalized spacial score (nSPS) is 10.6. The van der Waals surface area contributed by atoms with E-state index in [9.17, 15) is 9.90 Å². The Morgan fingerprint density at radius 1 is 1.38 bits per heavy atom. The molecule has 0 N–H and O–H groups in total.